The van der Waals surface area contributed by atoms with E-state index in [1.165, 1.54) is 11.8 Å². The van der Waals surface area contributed by atoms with E-state index in [0.29, 0.717) is 11.7 Å². The largest absolute Gasteiger partial charge is 0.324 e. The van der Waals surface area contributed by atoms with Crippen LogP contribution in [-0.4, -0.2) is 24.1 Å². The van der Waals surface area contributed by atoms with Gasteiger partial charge in [0.05, 0.1) is 11.4 Å². The lowest BCUT2D eigenvalue weighted by atomic mass is 9.98. The van der Waals surface area contributed by atoms with E-state index in [-0.39, 0.29) is 18.4 Å². The third kappa shape index (κ3) is 3.71. The van der Waals surface area contributed by atoms with Crippen LogP contribution in [0, 0.1) is 6.92 Å². The number of aryl methyl sites for hydroxylation is 1. The van der Waals surface area contributed by atoms with Crippen LogP contribution in [-0.2, 0) is 9.59 Å². The van der Waals surface area contributed by atoms with Crippen LogP contribution in [0.2, 0.25) is 0 Å². The normalized spacial score (nSPS) is 13.8. The molecule has 0 aliphatic carbocycles. The maximum absolute atomic E-state index is 12.7. The van der Waals surface area contributed by atoms with E-state index in [1.807, 2.05) is 49.4 Å². The Morgan fingerprint density at radius 3 is 2.72 bits per heavy atom. The standard InChI is InChI=1S/C20H22N2O2S/c1-13(2)15-8-6-7-14(3)20(15)21-18(23)11-22-16-9-4-5-10-17(16)25-12-19(22)24/h4-10,13H,11-12H2,1-3H3,(H,21,23). The molecule has 3 rings (SSSR count). The number of amides is 2. The third-order valence-corrected chi connectivity index (χ3v) is 5.35. The molecule has 1 heterocycles. The fourth-order valence-electron chi connectivity index (χ4n) is 2.99. The van der Waals surface area contributed by atoms with Gasteiger partial charge in [-0.25, -0.2) is 0 Å². The molecule has 0 unspecified atom stereocenters. The number of hydrogen-bond acceptors (Lipinski definition) is 3. The molecule has 1 aliphatic heterocycles. The van der Waals surface area contributed by atoms with Crippen molar-refractivity contribution in [1.29, 1.82) is 0 Å². The van der Waals surface area contributed by atoms with Crippen LogP contribution < -0.4 is 10.2 Å². The Hall–Kier alpha value is -2.27. The first-order valence-corrected chi connectivity index (χ1v) is 9.37. The van der Waals surface area contributed by atoms with Gasteiger partial charge in [0.15, 0.2) is 0 Å². The van der Waals surface area contributed by atoms with Gasteiger partial charge in [0.1, 0.15) is 6.54 Å². The molecule has 25 heavy (non-hydrogen) atoms. The monoisotopic (exact) mass is 354 g/mol. The minimum Gasteiger partial charge on any atom is -0.324 e. The van der Waals surface area contributed by atoms with E-state index in [2.05, 4.69) is 19.2 Å². The summed E-state index contributed by atoms with van der Waals surface area (Å²) in [5.41, 5.74) is 3.80. The number of nitrogens with one attached hydrogen (secondary N) is 1. The lowest BCUT2D eigenvalue weighted by Gasteiger charge is -2.28. The number of thioether (sulfide) groups is 1. The summed E-state index contributed by atoms with van der Waals surface area (Å²) < 4.78 is 0. The van der Waals surface area contributed by atoms with Crippen molar-refractivity contribution in [2.75, 3.05) is 22.5 Å². The minimum atomic E-state index is -0.175. The first kappa shape index (κ1) is 17.5. The summed E-state index contributed by atoms with van der Waals surface area (Å²) >= 11 is 1.52. The Morgan fingerprint density at radius 1 is 1.20 bits per heavy atom. The maximum atomic E-state index is 12.7. The molecule has 1 N–H and O–H groups in total. The molecule has 0 saturated carbocycles. The summed E-state index contributed by atoms with van der Waals surface area (Å²) in [6, 6.07) is 13.7. The average molecular weight is 354 g/mol. The molecule has 0 saturated heterocycles. The van der Waals surface area contributed by atoms with E-state index in [0.717, 1.165) is 27.4 Å². The summed E-state index contributed by atoms with van der Waals surface area (Å²) in [5, 5.41) is 3.02. The minimum absolute atomic E-state index is 0.0300. The van der Waals surface area contributed by atoms with Gasteiger partial charge in [-0.1, -0.05) is 44.2 Å². The number of anilines is 2. The van der Waals surface area contributed by atoms with Gasteiger partial charge >= 0.3 is 0 Å². The Morgan fingerprint density at radius 2 is 1.96 bits per heavy atom. The zero-order valence-corrected chi connectivity index (χ0v) is 15.5. The molecule has 0 aromatic heterocycles. The summed E-state index contributed by atoms with van der Waals surface area (Å²) in [4.78, 5) is 27.6. The topological polar surface area (TPSA) is 49.4 Å². The second-order valence-corrected chi connectivity index (χ2v) is 7.50. The predicted molar refractivity (Wildman–Crippen MR) is 103 cm³/mol. The first-order chi connectivity index (χ1) is 12.0. The van der Waals surface area contributed by atoms with Crippen LogP contribution in [0.25, 0.3) is 0 Å². The molecule has 2 aromatic rings. The van der Waals surface area contributed by atoms with E-state index in [9.17, 15) is 9.59 Å². The molecule has 0 fully saturated rings. The molecule has 2 aromatic carbocycles. The SMILES string of the molecule is Cc1cccc(C(C)C)c1NC(=O)CN1C(=O)CSc2ccccc21. The highest BCUT2D eigenvalue weighted by atomic mass is 32.2. The van der Waals surface area contributed by atoms with Gasteiger partial charge in [0.25, 0.3) is 0 Å². The van der Waals surface area contributed by atoms with Gasteiger partial charge in [0, 0.05) is 10.6 Å². The zero-order valence-electron chi connectivity index (χ0n) is 14.7. The van der Waals surface area contributed by atoms with Crippen molar-refractivity contribution in [1.82, 2.24) is 0 Å². The molecule has 0 radical (unpaired) electrons. The number of carbonyl (C=O) groups excluding carboxylic acids is 2. The first-order valence-electron chi connectivity index (χ1n) is 8.39. The fraction of sp³-hybridized carbons (Fsp3) is 0.300. The zero-order chi connectivity index (χ0) is 18.0. The van der Waals surface area contributed by atoms with Gasteiger partial charge in [-0.05, 0) is 36.1 Å². The quantitative estimate of drug-likeness (QED) is 0.895. The number of hydrogen-bond donors (Lipinski definition) is 1. The molecular weight excluding hydrogens is 332 g/mol. The number of fused-ring (bicyclic) bond motifs is 1. The van der Waals surface area contributed by atoms with E-state index in [1.54, 1.807) is 4.90 Å². The molecule has 0 spiro atoms. The number of rotatable bonds is 4. The van der Waals surface area contributed by atoms with Crippen molar-refractivity contribution in [3.8, 4) is 0 Å². The third-order valence-electron chi connectivity index (χ3n) is 4.30. The summed E-state index contributed by atoms with van der Waals surface area (Å²) in [6.07, 6.45) is 0. The van der Waals surface area contributed by atoms with Crippen LogP contribution in [0.4, 0.5) is 11.4 Å². The number of nitrogens with zero attached hydrogens (tertiary/aromatic N) is 1. The van der Waals surface area contributed by atoms with Gasteiger partial charge in [0.2, 0.25) is 11.8 Å². The van der Waals surface area contributed by atoms with Crippen molar-refractivity contribution < 1.29 is 9.59 Å². The van der Waals surface area contributed by atoms with Crippen molar-refractivity contribution in [2.24, 2.45) is 0 Å². The molecule has 130 valence electrons. The number of para-hydroxylation sites is 2. The highest BCUT2D eigenvalue weighted by molar-refractivity contribution is 8.00. The van der Waals surface area contributed by atoms with Crippen molar-refractivity contribution in [3.63, 3.8) is 0 Å². The Bertz CT molecular complexity index is 817. The summed E-state index contributed by atoms with van der Waals surface area (Å²) in [6.45, 7) is 6.22. The van der Waals surface area contributed by atoms with Gasteiger partial charge in [-0.2, -0.15) is 0 Å². The van der Waals surface area contributed by atoms with Crippen molar-refractivity contribution in [3.05, 3.63) is 53.6 Å². The molecule has 1 aliphatic rings. The maximum Gasteiger partial charge on any atom is 0.244 e. The van der Waals surface area contributed by atoms with Gasteiger partial charge < -0.3 is 10.2 Å². The van der Waals surface area contributed by atoms with Gasteiger partial charge in [-0.15, -0.1) is 11.8 Å². The summed E-state index contributed by atoms with van der Waals surface area (Å²) in [5.74, 6) is 0.467. The highest BCUT2D eigenvalue weighted by Crippen LogP contribution is 2.35. The predicted octanol–water partition coefficient (Wildman–Crippen LogP) is 4.20. The number of carbonyl (C=O) groups is 2. The van der Waals surface area contributed by atoms with E-state index < -0.39 is 0 Å². The smallest absolute Gasteiger partial charge is 0.244 e. The lowest BCUT2D eigenvalue weighted by molar-refractivity contribution is -0.120. The molecule has 4 nitrogen and oxygen atoms in total. The second kappa shape index (κ2) is 7.31. The molecule has 5 heteroatoms. The molecule has 0 bridgehead atoms. The van der Waals surface area contributed by atoms with Crippen molar-refractivity contribution in [2.45, 2.75) is 31.6 Å². The average Bonchev–Trinajstić information content (AvgIpc) is 2.59. The van der Waals surface area contributed by atoms with E-state index in [4.69, 9.17) is 0 Å². The summed E-state index contributed by atoms with van der Waals surface area (Å²) in [7, 11) is 0. The Labute approximate surface area is 152 Å². The molecule has 2 amide bonds. The molecule has 0 atom stereocenters. The highest BCUT2D eigenvalue weighted by Gasteiger charge is 2.26. The Balaban J connectivity index is 1.81. The van der Waals surface area contributed by atoms with Crippen LogP contribution in [0.3, 0.4) is 0 Å². The fourth-order valence-corrected chi connectivity index (χ4v) is 3.93. The lowest BCUT2D eigenvalue weighted by Crippen LogP contribution is -2.41. The van der Waals surface area contributed by atoms with Crippen molar-refractivity contribution >= 4 is 35.0 Å². The van der Waals surface area contributed by atoms with Crippen LogP contribution in [0.5, 0.6) is 0 Å². The molecular formula is C20H22N2O2S. The van der Waals surface area contributed by atoms with E-state index >= 15 is 0 Å². The Kier molecular flexibility index (Phi) is 5.13. The second-order valence-electron chi connectivity index (χ2n) is 6.48. The van der Waals surface area contributed by atoms with Crippen LogP contribution in [0.15, 0.2) is 47.4 Å². The van der Waals surface area contributed by atoms with Gasteiger partial charge in [-0.3, -0.25) is 9.59 Å². The van der Waals surface area contributed by atoms with Crippen LogP contribution >= 0.6 is 11.8 Å². The number of benzene rings is 2. The van der Waals surface area contributed by atoms with Crippen LogP contribution in [0.1, 0.15) is 30.9 Å².